The van der Waals surface area contributed by atoms with Gasteiger partial charge in [-0.2, -0.15) is 0 Å². The van der Waals surface area contributed by atoms with Crippen LogP contribution in [-0.2, 0) is 45.1 Å². The van der Waals surface area contributed by atoms with Gasteiger partial charge in [-0.3, -0.25) is 0 Å². The van der Waals surface area contributed by atoms with Crippen LogP contribution >= 0.6 is 0 Å². The van der Waals surface area contributed by atoms with E-state index < -0.39 is 0 Å². The fourth-order valence-corrected chi connectivity index (χ4v) is 4.34. The molecule has 9 heteroatoms. The zero-order valence-electron chi connectivity index (χ0n) is 21.7. The van der Waals surface area contributed by atoms with E-state index in [4.69, 9.17) is 9.47 Å². The molecule has 4 aromatic rings. The molecular formula is C30H30MoN2O6-6. The van der Waals surface area contributed by atoms with Gasteiger partial charge in [0.25, 0.3) is 0 Å². The first-order valence-corrected chi connectivity index (χ1v) is 11.8. The zero-order chi connectivity index (χ0) is 25.3. The number of hydrogen-bond donors (Lipinski definition) is 2. The number of hydrogen-bond acceptors (Lipinski definition) is 6. The molecule has 0 aliphatic rings. The van der Waals surface area contributed by atoms with Gasteiger partial charge in [-0.15, -0.1) is 0 Å². The molecule has 208 valence electrons. The van der Waals surface area contributed by atoms with Gasteiger partial charge in [-0.1, -0.05) is 96.4 Å². The first-order valence-electron chi connectivity index (χ1n) is 11.8. The van der Waals surface area contributed by atoms with Crippen LogP contribution in [0.15, 0.2) is 97.1 Å². The summed E-state index contributed by atoms with van der Waals surface area (Å²) in [5.74, 6) is 0.389. The van der Waals surface area contributed by atoms with Crippen LogP contribution in [0.25, 0.3) is 0 Å². The number of benzene rings is 4. The van der Waals surface area contributed by atoms with Crippen molar-refractivity contribution in [2.45, 2.75) is 25.2 Å². The summed E-state index contributed by atoms with van der Waals surface area (Å²) in [5.41, 5.74) is 3.36. The van der Waals surface area contributed by atoms with Gasteiger partial charge >= 0.3 is 0 Å². The fourth-order valence-electron chi connectivity index (χ4n) is 4.34. The third-order valence-electron chi connectivity index (χ3n) is 6.24. The molecule has 0 unspecified atom stereocenters. The summed E-state index contributed by atoms with van der Waals surface area (Å²) in [6, 6.07) is 30.4. The topological polar surface area (TPSA) is 146 Å². The standard InChI is InChI=1S/C30H32N2O4.Mo.2O/c1-35-25-17-9-15-23(29(25)33)19-31-27(21-11-5-3-6-12-21)28(22-13-7-4-8-14-22)32-20-24-16-10-18-26(36-2)30(24)34;;;/h3-18,27-28,31-34H,19-20H2,1-2H3;;;/q;;2*-2/p-2/t27-,28-;;;/m1.../s1. The molecule has 0 bridgehead atoms. The Balaban J connectivity index is 0.00000253. The summed E-state index contributed by atoms with van der Waals surface area (Å²) in [6.07, 6.45) is 0. The van der Waals surface area contributed by atoms with Crippen LogP contribution in [0.3, 0.4) is 0 Å². The minimum atomic E-state index is -0.195. The van der Waals surface area contributed by atoms with Gasteiger partial charge in [0.05, 0.1) is 26.3 Å². The van der Waals surface area contributed by atoms with Crippen molar-refractivity contribution in [1.82, 2.24) is 10.6 Å². The van der Waals surface area contributed by atoms with E-state index in [1.165, 1.54) is 14.2 Å². The van der Waals surface area contributed by atoms with Gasteiger partial charge in [0.1, 0.15) is 11.5 Å². The van der Waals surface area contributed by atoms with Crippen molar-refractivity contribution >= 4 is 0 Å². The van der Waals surface area contributed by atoms with Gasteiger partial charge < -0.3 is 41.3 Å². The predicted octanol–water partition coefficient (Wildman–Crippen LogP) is 3.97. The maximum Gasteiger partial charge on any atom is 0.111 e. The number of rotatable bonds is 11. The van der Waals surface area contributed by atoms with Gasteiger partial charge in [-0.25, -0.2) is 0 Å². The second-order valence-electron chi connectivity index (χ2n) is 8.44. The Morgan fingerprint density at radius 3 is 1.26 bits per heavy atom. The van der Waals surface area contributed by atoms with Gasteiger partial charge in [0, 0.05) is 34.2 Å². The molecule has 2 atom stereocenters. The summed E-state index contributed by atoms with van der Waals surface area (Å²) in [7, 11) is 3.00. The van der Waals surface area contributed by atoms with E-state index in [-0.39, 0.29) is 55.6 Å². The maximum atomic E-state index is 12.8. The average Bonchev–Trinajstić information content (AvgIpc) is 2.93. The normalized spacial score (nSPS) is 11.6. The van der Waals surface area contributed by atoms with E-state index in [9.17, 15) is 10.2 Å². The largest absolute Gasteiger partial charge is 2.00 e. The second-order valence-corrected chi connectivity index (χ2v) is 8.44. The van der Waals surface area contributed by atoms with E-state index in [0.717, 1.165) is 11.1 Å². The molecule has 8 nitrogen and oxygen atoms in total. The first kappa shape index (κ1) is 33.6. The van der Waals surface area contributed by atoms with Crippen LogP contribution in [0.2, 0.25) is 0 Å². The molecule has 0 aliphatic heterocycles. The Bertz CT molecular complexity index is 1160. The van der Waals surface area contributed by atoms with Crippen LogP contribution in [0, 0.1) is 0 Å². The zero-order valence-corrected chi connectivity index (χ0v) is 23.7. The molecule has 0 spiro atoms. The minimum absolute atomic E-state index is 0. The second kappa shape index (κ2) is 16.5. The van der Waals surface area contributed by atoms with Gasteiger partial charge in [0.15, 0.2) is 0 Å². The third kappa shape index (κ3) is 8.29. The smallest absolute Gasteiger partial charge is 0.111 e. The molecule has 39 heavy (non-hydrogen) atoms. The number of ether oxygens (including phenoxy) is 2. The molecule has 0 saturated heterocycles. The van der Waals surface area contributed by atoms with Gasteiger partial charge in [-0.05, 0) is 34.4 Å². The van der Waals surface area contributed by atoms with Crippen LogP contribution in [0.4, 0.5) is 0 Å². The quantitative estimate of drug-likeness (QED) is 0.246. The van der Waals surface area contributed by atoms with Crippen molar-refractivity contribution in [3.05, 3.63) is 119 Å². The predicted molar refractivity (Wildman–Crippen MR) is 138 cm³/mol. The number of methoxy groups -OCH3 is 2. The summed E-state index contributed by atoms with van der Waals surface area (Å²) >= 11 is 0. The Morgan fingerprint density at radius 2 is 0.923 bits per heavy atom. The molecule has 4 rings (SSSR count). The fraction of sp³-hybridized carbons (Fsp3) is 0.200. The minimum Gasteiger partial charge on any atom is -2.00 e. The average molecular weight is 611 g/mol. The maximum absolute atomic E-state index is 12.8. The summed E-state index contributed by atoms with van der Waals surface area (Å²) in [5, 5.41) is 32.7. The number of nitrogens with one attached hydrogen (secondary N) is 2. The molecule has 0 heterocycles. The van der Waals surface area contributed by atoms with Crippen LogP contribution in [-0.4, -0.2) is 14.2 Å². The van der Waals surface area contributed by atoms with E-state index in [0.29, 0.717) is 35.7 Å². The van der Waals surface area contributed by atoms with E-state index >= 15 is 0 Å². The van der Waals surface area contributed by atoms with Crippen molar-refractivity contribution in [1.29, 1.82) is 0 Å². The molecule has 0 aliphatic carbocycles. The molecule has 2 N–H and O–H groups in total. The van der Waals surface area contributed by atoms with E-state index in [1.54, 1.807) is 12.1 Å². The van der Waals surface area contributed by atoms with Crippen molar-refractivity contribution in [3.8, 4) is 23.0 Å². The summed E-state index contributed by atoms with van der Waals surface area (Å²) < 4.78 is 10.4. The third-order valence-corrected chi connectivity index (χ3v) is 6.24. The molecule has 0 fully saturated rings. The Hall–Kier alpha value is -3.39. The van der Waals surface area contributed by atoms with E-state index in [1.807, 2.05) is 60.7 Å². The van der Waals surface area contributed by atoms with Crippen molar-refractivity contribution < 1.29 is 51.7 Å². The Labute approximate surface area is 243 Å². The SMILES string of the molecule is COc1cccc(CN[C@H](c2ccccc2)[C@H](NCc2cccc(OC)c2[O-])c2ccccc2)c1[O-].[Mo].[O-2].[O-2]. The monoisotopic (exact) mass is 612 g/mol. The van der Waals surface area contributed by atoms with Crippen molar-refractivity contribution in [2.24, 2.45) is 0 Å². The molecule has 0 radical (unpaired) electrons. The molecule has 0 amide bonds. The molecular weight excluding hydrogens is 580 g/mol. The summed E-state index contributed by atoms with van der Waals surface area (Å²) in [6.45, 7) is 0.707. The van der Waals surface area contributed by atoms with Crippen LogP contribution < -0.4 is 30.3 Å². The van der Waals surface area contributed by atoms with Crippen molar-refractivity contribution in [3.63, 3.8) is 0 Å². The molecule has 0 aromatic heterocycles. The Kier molecular flexibility index (Phi) is 14.3. The van der Waals surface area contributed by atoms with Crippen molar-refractivity contribution in [2.75, 3.05) is 14.2 Å². The molecule has 4 aromatic carbocycles. The van der Waals surface area contributed by atoms with E-state index in [2.05, 4.69) is 34.9 Å². The first-order chi connectivity index (χ1) is 17.6. The van der Waals surface area contributed by atoms with Crippen LogP contribution in [0.1, 0.15) is 34.3 Å². The van der Waals surface area contributed by atoms with Gasteiger partial charge in [0.2, 0.25) is 0 Å². The Morgan fingerprint density at radius 1 is 0.564 bits per heavy atom. The van der Waals surface area contributed by atoms with Crippen LogP contribution in [0.5, 0.6) is 23.0 Å². The molecule has 0 saturated carbocycles. The summed E-state index contributed by atoms with van der Waals surface area (Å²) in [4.78, 5) is 0. The number of para-hydroxylation sites is 2.